The lowest BCUT2D eigenvalue weighted by Gasteiger charge is -2.27. The SMILES string of the molecule is Cc1c2c(c(C(C)C)c3ccccc13)Oc1cc(C(F)(F)F)cc3cc[n+](C)c-2c13. The van der Waals surface area contributed by atoms with Crippen molar-refractivity contribution in [1.29, 1.82) is 0 Å². The summed E-state index contributed by atoms with van der Waals surface area (Å²) in [5.74, 6) is 1.06. The minimum atomic E-state index is -4.44. The Balaban J connectivity index is 1.99. The van der Waals surface area contributed by atoms with Gasteiger partial charge in [-0.05, 0) is 46.7 Å². The molecule has 30 heavy (non-hydrogen) atoms. The Labute approximate surface area is 172 Å². The van der Waals surface area contributed by atoms with E-state index < -0.39 is 11.7 Å². The summed E-state index contributed by atoms with van der Waals surface area (Å²) in [5.41, 5.74) is 3.24. The van der Waals surface area contributed by atoms with Gasteiger partial charge in [-0.2, -0.15) is 13.2 Å². The molecule has 0 radical (unpaired) electrons. The molecule has 0 spiro atoms. The Morgan fingerprint density at radius 2 is 1.70 bits per heavy atom. The van der Waals surface area contributed by atoms with E-state index in [4.69, 9.17) is 4.74 Å². The molecule has 0 amide bonds. The number of hydrogen-bond donors (Lipinski definition) is 0. The van der Waals surface area contributed by atoms with E-state index in [1.54, 1.807) is 6.07 Å². The van der Waals surface area contributed by atoms with Gasteiger partial charge < -0.3 is 4.74 Å². The molecule has 3 aromatic carbocycles. The monoisotopic (exact) mass is 408 g/mol. The van der Waals surface area contributed by atoms with Crippen molar-refractivity contribution in [3.8, 4) is 22.8 Å². The van der Waals surface area contributed by atoms with Crippen LogP contribution >= 0.6 is 0 Å². The van der Waals surface area contributed by atoms with Crippen LogP contribution < -0.4 is 9.30 Å². The van der Waals surface area contributed by atoms with Gasteiger partial charge in [0.05, 0.1) is 16.5 Å². The highest BCUT2D eigenvalue weighted by Crippen LogP contribution is 2.53. The molecule has 5 rings (SSSR count). The fraction of sp³-hybridized carbons (Fsp3) is 0.240. The van der Waals surface area contributed by atoms with E-state index in [0.29, 0.717) is 16.5 Å². The van der Waals surface area contributed by atoms with Crippen LogP contribution in [0.1, 0.15) is 36.5 Å². The predicted octanol–water partition coefficient (Wildman–Crippen LogP) is 7.04. The van der Waals surface area contributed by atoms with Crippen molar-refractivity contribution in [2.45, 2.75) is 32.9 Å². The molecule has 0 aliphatic carbocycles. The lowest BCUT2D eigenvalue weighted by molar-refractivity contribution is -0.659. The number of aromatic nitrogens is 1. The van der Waals surface area contributed by atoms with Crippen LogP contribution in [0, 0.1) is 6.92 Å². The smallest absolute Gasteiger partial charge is 0.416 e. The van der Waals surface area contributed by atoms with Crippen molar-refractivity contribution in [2.24, 2.45) is 7.05 Å². The van der Waals surface area contributed by atoms with E-state index in [-0.39, 0.29) is 11.7 Å². The van der Waals surface area contributed by atoms with Crippen LogP contribution in [-0.4, -0.2) is 0 Å². The largest absolute Gasteiger partial charge is 0.455 e. The third-order valence-electron chi connectivity index (χ3n) is 6.02. The van der Waals surface area contributed by atoms with Crippen LogP contribution in [0.15, 0.2) is 48.7 Å². The molecule has 4 aromatic rings. The summed E-state index contributed by atoms with van der Waals surface area (Å²) in [5, 5.41) is 3.45. The Hall–Kier alpha value is -3.08. The lowest BCUT2D eigenvalue weighted by Crippen LogP contribution is -2.32. The molecule has 1 aliphatic rings. The van der Waals surface area contributed by atoms with Gasteiger partial charge in [-0.1, -0.05) is 38.1 Å². The van der Waals surface area contributed by atoms with Crippen LogP contribution in [0.3, 0.4) is 0 Å². The minimum Gasteiger partial charge on any atom is -0.455 e. The van der Waals surface area contributed by atoms with E-state index in [2.05, 4.69) is 32.9 Å². The molecule has 0 unspecified atom stereocenters. The van der Waals surface area contributed by atoms with Gasteiger partial charge in [0.15, 0.2) is 6.20 Å². The normalized spacial score (nSPS) is 13.1. The zero-order valence-electron chi connectivity index (χ0n) is 17.2. The van der Waals surface area contributed by atoms with Crippen molar-refractivity contribution >= 4 is 21.5 Å². The Morgan fingerprint density at radius 3 is 2.37 bits per heavy atom. The molecule has 5 heteroatoms. The number of nitrogens with zero attached hydrogens (tertiary/aromatic N) is 1. The number of ether oxygens (including phenoxy) is 1. The van der Waals surface area contributed by atoms with Gasteiger partial charge in [0.2, 0.25) is 5.69 Å². The van der Waals surface area contributed by atoms with Gasteiger partial charge in [-0.25, -0.2) is 4.57 Å². The number of halogens is 3. The van der Waals surface area contributed by atoms with E-state index in [1.807, 2.05) is 29.9 Å². The molecule has 152 valence electrons. The average Bonchev–Trinajstić information content (AvgIpc) is 2.69. The summed E-state index contributed by atoms with van der Waals surface area (Å²) in [6.07, 6.45) is -2.62. The van der Waals surface area contributed by atoms with Crippen molar-refractivity contribution in [3.05, 3.63) is 65.4 Å². The van der Waals surface area contributed by atoms with E-state index in [9.17, 15) is 13.2 Å². The number of alkyl halides is 3. The van der Waals surface area contributed by atoms with Crippen molar-refractivity contribution < 1.29 is 22.5 Å². The molecule has 0 saturated heterocycles. The molecular weight excluding hydrogens is 387 g/mol. The van der Waals surface area contributed by atoms with Gasteiger partial charge in [0.25, 0.3) is 0 Å². The number of rotatable bonds is 1. The van der Waals surface area contributed by atoms with Crippen LogP contribution in [-0.2, 0) is 13.2 Å². The summed E-state index contributed by atoms with van der Waals surface area (Å²) in [7, 11) is 1.93. The van der Waals surface area contributed by atoms with E-state index in [0.717, 1.165) is 39.2 Å². The Morgan fingerprint density at radius 1 is 1.00 bits per heavy atom. The van der Waals surface area contributed by atoms with Crippen molar-refractivity contribution in [2.75, 3.05) is 0 Å². The summed E-state index contributed by atoms with van der Waals surface area (Å²) in [6, 6.07) is 12.2. The fourth-order valence-electron chi connectivity index (χ4n) is 4.69. The lowest BCUT2D eigenvalue weighted by atomic mass is 9.85. The molecule has 2 heterocycles. The van der Waals surface area contributed by atoms with Crippen LogP contribution in [0.5, 0.6) is 11.5 Å². The zero-order valence-corrected chi connectivity index (χ0v) is 17.2. The molecule has 1 aliphatic heterocycles. The van der Waals surface area contributed by atoms with Gasteiger partial charge in [-0.3, -0.25) is 0 Å². The summed E-state index contributed by atoms with van der Waals surface area (Å²) < 4.78 is 48.9. The third-order valence-corrected chi connectivity index (χ3v) is 6.02. The summed E-state index contributed by atoms with van der Waals surface area (Å²) >= 11 is 0. The predicted molar refractivity (Wildman–Crippen MR) is 112 cm³/mol. The molecule has 0 saturated carbocycles. The standard InChI is InChI=1S/C25H21F3NO/c1-13(2)20-18-8-6-5-7-17(18)14(3)21-23-22-15(9-10-29(23)4)11-16(25(26,27)28)12-19(22)30-24(20)21/h5-13H,1-4H3/q+1. The first kappa shape index (κ1) is 18.9. The highest BCUT2D eigenvalue weighted by atomic mass is 19.4. The highest BCUT2D eigenvalue weighted by Gasteiger charge is 2.37. The van der Waals surface area contributed by atoms with E-state index in [1.165, 1.54) is 6.07 Å². The maximum atomic E-state index is 13.5. The molecule has 2 nitrogen and oxygen atoms in total. The Bertz CT molecular complexity index is 1350. The maximum Gasteiger partial charge on any atom is 0.416 e. The average molecular weight is 408 g/mol. The number of pyridine rings is 1. The molecule has 0 bridgehead atoms. The summed E-state index contributed by atoms with van der Waals surface area (Å²) in [6.45, 7) is 6.23. The van der Waals surface area contributed by atoms with Crippen molar-refractivity contribution in [1.82, 2.24) is 0 Å². The first-order valence-corrected chi connectivity index (χ1v) is 9.95. The number of hydrogen-bond acceptors (Lipinski definition) is 1. The second-order valence-electron chi connectivity index (χ2n) is 8.26. The van der Waals surface area contributed by atoms with Crippen molar-refractivity contribution in [3.63, 3.8) is 0 Å². The first-order chi connectivity index (χ1) is 14.2. The van der Waals surface area contributed by atoms with Crippen LogP contribution in [0.25, 0.3) is 32.8 Å². The maximum absolute atomic E-state index is 13.5. The quantitative estimate of drug-likeness (QED) is 0.271. The molecule has 0 N–H and O–H groups in total. The Kier molecular flexibility index (Phi) is 3.91. The molecule has 0 atom stereocenters. The highest BCUT2D eigenvalue weighted by molar-refractivity contribution is 6.06. The number of benzene rings is 3. The van der Waals surface area contributed by atoms with Gasteiger partial charge in [0.1, 0.15) is 18.5 Å². The van der Waals surface area contributed by atoms with E-state index >= 15 is 0 Å². The second-order valence-corrected chi connectivity index (χ2v) is 8.26. The van der Waals surface area contributed by atoms with Crippen LogP contribution in [0.2, 0.25) is 0 Å². The number of fused-ring (bicyclic) bond motifs is 3. The minimum absolute atomic E-state index is 0.140. The summed E-state index contributed by atoms with van der Waals surface area (Å²) in [4.78, 5) is 0. The second kappa shape index (κ2) is 6.21. The topological polar surface area (TPSA) is 13.1 Å². The first-order valence-electron chi connectivity index (χ1n) is 9.95. The fourth-order valence-corrected chi connectivity index (χ4v) is 4.69. The van der Waals surface area contributed by atoms with Crippen LogP contribution in [0.4, 0.5) is 13.2 Å². The molecular formula is C25H21F3NO+. The zero-order chi connectivity index (χ0) is 21.4. The van der Waals surface area contributed by atoms with Gasteiger partial charge >= 0.3 is 6.18 Å². The third kappa shape index (κ3) is 2.54. The number of aryl methyl sites for hydroxylation is 2. The van der Waals surface area contributed by atoms with Gasteiger partial charge in [-0.15, -0.1) is 0 Å². The molecule has 0 fully saturated rings. The molecule has 1 aromatic heterocycles. The van der Waals surface area contributed by atoms with Gasteiger partial charge in [0, 0.05) is 11.6 Å².